The molecule has 5 nitrogen and oxygen atoms in total. The van der Waals surface area contributed by atoms with Crippen molar-refractivity contribution in [2.24, 2.45) is 10.9 Å². The number of carbonyl (C=O) groups is 1. The third-order valence-electron chi connectivity index (χ3n) is 4.99. The molecule has 0 fully saturated rings. The first-order chi connectivity index (χ1) is 13.2. The van der Waals surface area contributed by atoms with E-state index in [2.05, 4.69) is 0 Å². The van der Waals surface area contributed by atoms with Crippen LogP contribution in [0.25, 0.3) is 11.0 Å². The lowest BCUT2D eigenvalue weighted by Crippen LogP contribution is -2.29. The Kier molecular flexibility index (Phi) is 4.67. The average Bonchev–Trinajstić information content (AvgIpc) is 3.34. The summed E-state index contributed by atoms with van der Waals surface area (Å²) >= 11 is 0. The molecule has 0 N–H and O–H groups in total. The lowest BCUT2D eigenvalue weighted by Gasteiger charge is -2.20. The summed E-state index contributed by atoms with van der Waals surface area (Å²) in [5.74, 6) is 0.0142. The molecule has 2 aromatic carbocycles. The Labute approximate surface area is 157 Å². The zero-order chi connectivity index (χ0) is 18.8. The van der Waals surface area contributed by atoms with Gasteiger partial charge in [-0.15, -0.1) is 0 Å². The minimum atomic E-state index is -0.439. The summed E-state index contributed by atoms with van der Waals surface area (Å²) < 4.78 is 16.1. The third kappa shape index (κ3) is 3.21. The van der Waals surface area contributed by atoms with Crippen molar-refractivity contribution in [1.82, 2.24) is 0 Å². The van der Waals surface area contributed by atoms with Crippen LogP contribution in [0.3, 0.4) is 0 Å². The highest BCUT2D eigenvalue weighted by molar-refractivity contribution is 6.13. The minimum Gasteiger partial charge on any atom is -0.497 e. The molecule has 0 bridgehead atoms. The Balaban J connectivity index is 1.70. The van der Waals surface area contributed by atoms with Crippen LogP contribution in [0.5, 0.6) is 5.75 Å². The van der Waals surface area contributed by atoms with Gasteiger partial charge in [-0.3, -0.25) is 9.79 Å². The lowest BCUT2D eigenvalue weighted by atomic mass is 9.83. The van der Waals surface area contributed by atoms with Crippen LogP contribution in [-0.4, -0.2) is 31.9 Å². The molecule has 0 saturated heterocycles. The number of rotatable bonds is 5. The van der Waals surface area contributed by atoms with Gasteiger partial charge in [0.25, 0.3) is 0 Å². The number of methoxy groups -OCH3 is 1. The molecule has 1 aliphatic heterocycles. The Bertz CT molecular complexity index is 987. The van der Waals surface area contributed by atoms with Gasteiger partial charge in [0.15, 0.2) is 0 Å². The number of ether oxygens (including phenoxy) is 2. The fraction of sp³-hybridized carbons (Fsp3) is 0.273. The standard InChI is InChI=1S/C22H21NO4/c1-3-26-22(24)20-18(16-5-4-14-10-11-27-19(14)12-16)13-23-21(20)15-6-8-17(25-2)9-7-15/h4-12,18,20H,3,13H2,1-2H3. The molecule has 0 spiro atoms. The average molecular weight is 363 g/mol. The molecule has 27 heavy (non-hydrogen) atoms. The number of aliphatic imine (C=N–C) groups is 1. The fourth-order valence-electron chi connectivity index (χ4n) is 3.63. The van der Waals surface area contributed by atoms with Crippen LogP contribution in [0.2, 0.25) is 0 Å². The first-order valence-electron chi connectivity index (χ1n) is 9.04. The highest BCUT2D eigenvalue weighted by Gasteiger charge is 2.40. The van der Waals surface area contributed by atoms with Crippen LogP contribution in [0.15, 0.2) is 64.2 Å². The van der Waals surface area contributed by atoms with E-state index in [1.807, 2.05) is 55.5 Å². The summed E-state index contributed by atoms with van der Waals surface area (Å²) in [5.41, 5.74) is 3.52. The monoisotopic (exact) mass is 363 g/mol. The zero-order valence-electron chi connectivity index (χ0n) is 15.3. The third-order valence-corrected chi connectivity index (χ3v) is 4.99. The highest BCUT2D eigenvalue weighted by atomic mass is 16.5. The second kappa shape index (κ2) is 7.27. The molecule has 2 unspecified atom stereocenters. The molecule has 0 radical (unpaired) electrons. The Morgan fingerprint density at radius 3 is 2.74 bits per heavy atom. The number of fused-ring (bicyclic) bond motifs is 1. The Morgan fingerprint density at radius 1 is 1.19 bits per heavy atom. The Morgan fingerprint density at radius 2 is 2.00 bits per heavy atom. The number of furan rings is 1. The molecular formula is C22H21NO4. The van der Waals surface area contributed by atoms with E-state index >= 15 is 0 Å². The second-order valence-electron chi connectivity index (χ2n) is 6.51. The minimum absolute atomic E-state index is 0.0735. The van der Waals surface area contributed by atoms with Crippen molar-refractivity contribution >= 4 is 22.7 Å². The number of benzene rings is 2. The van der Waals surface area contributed by atoms with Gasteiger partial charge in [-0.2, -0.15) is 0 Å². The zero-order valence-corrected chi connectivity index (χ0v) is 15.3. The first kappa shape index (κ1) is 17.3. The maximum Gasteiger partial charge on any atom is 0.315 e. The molecule has 3 aromatic rings. The van der Waals surface area contributed by atoms with Crippen molar-refractivity contribution in [3.05, 3.63) is 65.9 Å². The van der Waals surface area contributed by atoms with E-state index in [0.29, 0.717) is 13.2 Å². The van der Waals surface area contributed by atoms with Gasteiger partial charge in [-0.25, -0.2) is 0 Å². The van der Waals surface area contributed by atoms with E-state index in [-0.39, 0.29) is 11.9 Å². The molecule has 0 saturated carbocycles. The molecule has 2 atom stereocenters. The fourth-order valence-corrected chi connectivity index (χ4v) is 3.63. The molecule has 1 aromatic heterocycles. The van der Waals surface area contributed by atoms with Gasteiger partial charge in [-0.05, 0) is 54.4 Å². The number of nitrogens with zero attached hydrogens (tertiary/aromatic N) is 1. The van der Waals surface area contributed by atoms with Gasteiger partial charge in [0.1, 0.15) is 17.3 Å². The smallest absolute Gasteiger partial charge is 0.315 e. The van der Waals surface area contributed by atoms with Crippen LogP contribution in [0, 0.1) is 5.92 Å². The van der Waals surface area contributed by atoms with Crippen LogP contribution < -0.4 is 4.74 Å². The van der Waals surface area contributed by atoms with E-state index in [9.17, 15) is 4.79 Å². The summed E-state index contributed by atoms with van der Waals surface area (Å²) in [5, 5.41) is 1.04. The predicted molar refractivity (Wildman–Crippen MR) is 103 cm³/mol. The number of hydrogen-bond donors (Lipinski definition) is 0. The van der Waals surface area contributed by atoms with E-state index in [4.69, 9.17) is 18.9 Å². The molecule has 1 aliphatic rings. The lowest BCUT2D eigenvalue weighted by molar-refractivity contribution is -0.145. The topological polar surface area (TPSA) is 61.0 Å². The van der Waals surface area contributed by atoms with Crippen molar-refractivity contribution in [3.8, 4) is 5.75 Å². The van der Waals surface area contributed by atoms with Gasteiger partial charge >= 0.3 is 5.97 Å². The second-order valence-corrected chi connectivity index (χ2v) is 6.51. The number of carbonyl (C=O) groups excluding carboxylic acids is 1. The van der Waals surface area contributed by atoms with E-state index < -0.39 is 5.92 Å². The largest absolute Gasteiger partial charge is 0.497 e. The maximum atomic E-state index is 12.8. The van der Waals surface area contributed by atoms with E-state index in [1.54, 1.807) is 13.4 Å². The molecule has 0 amide bonds. The van der Waals surface area contributed by atoms with Crippen LogP contribution in [0.4, 0.5) is 0 Å². The van der Waals surface area contributed by atoms with Gasteiger partial charge in [0.2, 0.25) is 0 Å². The van der Waals surface area contributed by atoms with Crippen molar-refractivity contribution in [2.75, 3.05) is 20.3 Å². The summed E-state index contributed by atoms with van der Waals surface area (Å²) in [6.45, 7) is 2.70. The predicted octanol–water partition coefficient (Wildman–Crippen LogP) is 4.21. The van der Waals surface area contributed by atoms with E-state index in [0.717, 1.165) is 33.6 Å². The molecule has 0 aliphatic carbocycles. The Hall–Kier alpha value is -3.08. The van der Waals surface area contributed by atoms with Crippen molar-refractivity contribution in [1.29, 1.82) is 0 Å². The normalized spacial score (nSPS) is 19.1. The maximum absolute atomic E-state index is 12.8. The van der Waals surface area contributed by atoms with E-state index in [1.165, 1.54) is 0 Å². The van der Waals surface area contributed by atoms with Gasteiger partial charge in [0, 0.05) is 17.8 Å². The van der Waals surface area contributed by atoms with Crippen molar-refractivity contribution in [3.63, 3.8) is 0 Å². The van der Waals surface area contributed by atoms with Gasteiger partial charge in [0.05, 0.1) is 25.7 Å². The molecule has 138 valence electrons. The molecule has 5 heteroatoms. The van der Waals surface area contributed by atoms with Crippen molar-refractivity contribution < 1.29 is 18.7 Å². The summed E-state index contributed by atoms with van der Waals surface area (Å²) in [6, 6.07) is 15.6. The molecule has 2 heterocycles. The van der Waals surface area contributed by atoms with Gasteiger partial charge < -0.3 is 13.9 Å². The summed E-state index contributed by atoms with van der Waals surface area (Å²) in [7, 11) is 1.63. The first-order valence-corrected chi connectivity index (χ1v) is 9.04. The molecule has 4 rings (SSSR count). The van der Waals surface area contributed by atoms with Crippen LogP contribution in [0.1, 0.15) is 24.0 Å². The number of esters is 1. The quantitative estimate of drug-likeness (QED) is 0.637. The summed E-state index contributed by atoms with van der Waals surface area (Å²) in [4.78, 5) is 17.5. The van der Waals surface area contributed by atoms with Crippen LogP contribution >= 0.6 is 0 Å². The number of hydrogen-bond acceptors (Lipinski definition) is 5. The SMILES string of the molecule is CCOC(=O)C1C(c2ccc(OC)cc2)=NCC1c1ccc2ccoc2c1. The highest BCUT2D eigenvalue weighted by Crippen LogP contribution is 2.36. The molecular weight excluding hydrogens is 342 g/mol. The van der Waals surface area contributed by atoms with Gasteiger partial charge in [-0.1, -0.05) is 12.1 Å². The summed E-state index contributed by atoms with van der Waals surface area (Å²) in [6.07, 6.45) is 1.67. The van der Waals surface area contributed by atoms with Crippen molar-refractivity contribution in [2.45, 2.75) is 12.8 Å². The van der Waals surface area contributed by atoms with Crippen LogP contribution in [-0.2, 0) is 9.53 Å².